The second kappa shape index (κ2) is 8.30. The van der Waals surface area contributed by atoms with Gasteiger partial charge in [0.2, 0.25) is 0 Å². The zero-order valence-corrected chi connectivity index (χ0v) is 16.3. The van der Waals surface area contributed by atoms with E-state index in [2.05, 4.69) is 27.3 Å². The van der Waals surface area contributed by atoms with Crippen LogP contribution in [0.1, 0.15) is 41.0 Å². The fourth-order valence-electron chi connectivity index (χ4n) is 3.69. The number of aryl methyl sites for hydroxylation is 1. The Morgan fingerprint density at radius 1 is 0.964 bits per heavy atom. The lowest BCUT2D eigenvalue weighted by Gasteiger charge is -2.28. The van der Waals surface area contributed by atoms with Crippen molar-refractivity contribution in [3.8, 4) is 5.69 Å². The van der Waals surface area contributed by atoms with Gasteiger partial charge in [0.25, 0.3) is 5.91 Å². The van der Waals surface area contributed by atoms with Gasteiger partial charge in [0.15, 0.2) is 0 Å². The number of amides is 1. The molecule has 5 nitrogen and oxygen atoms in total. The maximum atomic E-state index is 12.5. The standard InChI is InChI=1S/C23H26N4O/c1-18-24-13-16-27(18)22-9-5-19(6-10-22)17-25-23(28)20-7-11-21(12-8-20)26-14-3-2-4-15-26/h5-13,16H,2-4,14-15,17H2,1H3,(H,25,28). The highest BCUT2D eigenvalue weighted by molar-refractivity contribution is 5.94. The number of rotatable bonds is 5. The number of hydrogen-bond donors (Lipinski definition) is 1. The van der Waals surface area contributed by atoms with E-state index < -0.39 is 0 Å². The normalized spacial score (nSPS) is 14.1. The van der Waals surface area contributed by atoms with Gasteiger partial charge in [0.1, 0.15) is 5.82 Å². The summed E-state index contributed by atoms with van der Waals surface area (Å²) in [6, 6.07) is 16.1. The van der Waals surface area contributed by atoms with E-state index in [1.807, 2.05) is 54.1 Å². The van der Waals surface area contributed by atoms with E-state index >= 15 is 0 Å². The molecule has 0 saturated carbocycles. The number of benzene rings is 2. The number of anilines is 1. The van der Waals surface area contributed by atoms with Gasteiger partial charge in [0.05, 0.1) is 0 Å². The zero-order valence-electron chi connectivity index (χ0n) is 16.3. The molecule has 5 heteroatoms. The number of imidazole rings is 1. The van der Waals surface area contributed by atoms with E-state index in [4.69, 9.17) is 0 Å². The molecule has 2 heterocycles. The summed E-state index contributed by atoms with van der Waals surface area (Å²) in [4.78, 5) is 19.1. The third-order valence-electron chi connectivity index (χ3n) is 5.34. The average Bonchev–Trinajstić information content (AvgIpc) is 3.19. The Kier molecular flexibility index (Phi) is 5.42. The van der Waals surface area contributed by atoms with Crippen LogP contribution in [-0.4, -0.2) is 28.5 Å². The Labute approximate surface area is 166 Å². The lowest BCUT2D eigenvalue weighted by molar-refractivity contribution is 0.0951. The van der Waals surface area contributed by atoms with Gasteiger partial charge in [-0.2, -0.15) is 0 Å². The molecule has 0 spiro atoms. The Balaban J connectivity index is 1.34. The molecular weight excluding hydrogens is 348 g/mol. The summed E-state index contributed by atoms with van der Waals surface area (Å²) in [7, 11) is 0. The quantitative estimate of drug-likeness (QED) is 0.731. The summed E-state index contributed by atoms with van der Waals surface area (Å²) >= 11 is 0. The molecular formula is C23H26N4O. The highest BCUT2D eigenvalue weighted by Gasteiger charge is 2.12. The van der Waals surface area contributed by atoms with Crippen LogP contribution in [0.4, 0.5) is 5.69 Å². The first-order valence-corrected chi connectivity index (χ1v) is 9.93. The van der Waals surface area contributed by atoms with E-state index in [1.54, 1.807) is 6.20 Å². The fourth-order valence-corrected chi connectivity index (χ4v) is 3.69. The van der Waals surface area contributed by atoms with E-state index in [-0.39, 0.29) is 5.91 Å². The molecule has 2 aromatic carbocycles. The summed E-state index contributed by atoms with van der Waals surface area (Å²) in [6.07, 6.45) is 7.56. The third kappa shape index (κ3) is 4.09. The first-order chi connectivity index (χ1) is 13.7. The topological polar surface area (TPSA) is 50.2 Å². The van der Waals surface area contributed by atoms with Gasteiger partial charge >= 0.3 is 0 Å². The Bertz CT molecular complexity index is 922. The number of nitrogens with zero attached hydrogens (tertiary/aromatic N) is 3. The molecule has 1 N–H and O–H groups in total. The minimum absolute atomic E-state index is 0.0419. The average molecular weight is 374 g/mol. The molecule has 0 unspecified atom stereocenters. The van der Waals surface area contributed by atoms with Crippen LogP contribution in [0.15, 0.2) is 60.9 Å². The zero-order chi connectivity index (χ0) is 19.3. The molecule has 0 radical (unpaired) electrons. The summed E-state index contributed by atoms with van der Waals surface area (Å²) in [6.45, 7) is 4.71. The van der Waals surface area contributed by atoms with Crippen molar-refractivity contribution in [3.05, 3.63) is 77.9 Å². The molecule has 0 aliphatic carbocycles. The highest BCUT2D eigenvalue weighted by Crippen LogP contribution is 2.20. The number of hydrogen-bond acceptors (Lipinski definition) is 3. The van der Waals surface area contributed by atoms with Crippen LogP contribution in [0.5, 0.6) is 0 Å². The van der Waals surface area contributed by atoms with Crippen molar-refractivity contribution < 1.29 is 4.79 Å². The molecule has 1 saturated heterocycles. The molecule has 144 valence electrons. The van der Waals surface area contributed by atoms with Gasteiger partial charge in [-0.15, -0.1) is 0 Å². The van der Waals surface area contributed by atoms with E-state index in [1.165, 1.54) is 24.9 Å². The molecule has 1 aromatic heterocycles. The fraction of sp³-hybridized carbons (Fsp3) is 0.304. The Hall–Kier alpha value is -3.08. The number of carbonyl (C=O) groups is 1. The summed E-state index contributed by atoms with van der Waals surface area (Å²) in [5.41, 5.74) is 4.05. The van der Waals surface area contributed by atoms with Crippen molar-refractivity contribution >= 4 is 11.6 Å². The van der Waals surface area contributed by atoms with Crippen LogP contribution in [0.2, 0.25) is 0 Å². The maximum Gasteiger partial charge on any atom is 0.251 e. The molecule has 4 rings (SSSR count). The van der Waals surface area contributed by atoms with Crippen LogP contribution in [-0.2, 0) is 6.54 Å². The van der Waals surface area contributed by atoms with Gasteiger partial charge in [-0.1, -0.05) is 12.1 Å². The van der Waals surface area contributed by atoms with Crippen molar-refractivity contribution in [1.29, 1.82) is 0 Å². The number of nitrogens with one attached hydrogen (secondary N) is 1. The molecule has 1 fully saturated rings. The number of carbonyl (C=O) groups excluding carboxylic acids is 1. The predicted molar refractivity (Wildman–Crippen MR) is 112 cm³/mol. The van der Waals surface area contributed by atoms with E-state index in [0.717, 1.165) is 30.2 Å². The van der Waals surface area contributed by atoms with E-state index in [9.17, 15) is 4.79 Å². The monoisotopic (exact) mass is 374 g/mol. The molecule has 28 heavy (non-hydrogen) atoms. The maximum absolute atomic E-state index is 12.5. The molecule has 1 aliphatic heterocycles. The number of piperidine rings is 1. The second-order valence-electron chi connectivity index (χ2n) is 7.29. The van der Waals surface area contributed by atoms with Crippen molar-refractivity contribution in [3.63, 3.8) is 0 Å². The molecule has 3 aromatic rings. The van der Waals surface area contributed by atoms with Crippen molar-refractivity contribution in [2.24, 2.45) is 0 Å². The van der Waals surface area contributed by atoms with Crippen LogP contribution >= 0.6 is 0 Å². The smallest absolute Gasteiger partial charge is 0.251 e. The van der Waals surface area contributed by atoms with Gasteiger partial charge in [-0.05, 0) is 68.1 Å². The Morgan fingerprint density at radius 2 is 1.64 bits per heavy atom. The first-order valence-electron chi connectivity index (χ1n) is 9.93. The predicted octanol–water partition coefficient (Wildman–Crippen LogP) is 4.10. The second-order valence-corrected chi connectivity index (χ2v) is 7.29. The molecule has 0 atom stereocenters. The van der Waals surface area contributed by atoms with Crippen LogP contribution in [0, 0.1) is 6.92 Å². The third-order valence-corrected chi connectivity index (χ3v) is 5.34. The molecule has 1 aliphatic rings. The van der Waals surface area contributed by atoms with Crippen molar-refractivity contribution in [2.45, 2.75) is 32.7 Å². The highest BCUT2D eigenvalue weighted by atomic mass is 16.1. The van der Waals surface area contributed by atoms with E-state index in [0.29, 0.717) is 12.1 Å². The SMILES string of the molecule is Cc1nccn1-c1ccc(CNC(=O)c2ccc(N3CCCCC3)cc2)cc1. The van der Waals surface area contributed by atoms with Crippen molar-refractivity contribution in [2.75, 3.05) is 18.0 Å². The van der Waals surface area contributed by atoms with Gasteiger partial charge < -0.3 is 14.8 Å². The van der Waals surface area contributed by atoms with Gasteiger partial charge in [0, 0.05) is 49.0 Å². The van der Waals surface area contributed by atoms with Crippen LogP contribution < -0.4 is 10.2 Å². The summed E-state index contributed by atoms with van der Waals surface area (Å²) in [5.74, 6) is 0.911. The lowest BCUT2D eigenvalue weighted by Crippen LogP contribution is -2.29. The minimum atomic E-state index is -0.0419. The molecule has 0 bridgehead atoms. The molecule has 1 amide bonds. The Morgan fingerprint density at radius 3 is 2.29 bits per heavy atom. The van der Waals surface area contributed by atoms with Crippen LogP contribution in [0.25, 0.3) is 5.69 Å². The summed E-state index contributed by atoms with van der Waals surface area (Å²) in [5, 5.41) is 3.01. The number of aromatic nitrogens is 2. The lowest BCUT2D eigenvalue weighted by atomic mass is 10.1. The first kappa shape index (κ1) is 18.3. The minimum Gasteiger partial charge on any atom is -0.372 e. The van der Waals surface area contributed by atoms with Crippen LogP contribution in [0.3, 0.4) is 0 Å². The summed E-state index contributed by atoms with van der Waals surface area (Å²) < 4.78 is 2.03. The van der Waals surface area contributed by atoms with Gasteiger partial charge in [-0.3, -0.25) is 4.79 Å². The van der Waals surface area contributed by atoms with Gasteiger partial charge in [-0.25, -0.2) is 4.98 Å². The van der Waals surface area contributed by atoms with Crippen molar-refractivity contribution in [1.82, 2.24) is 14.9 Å². The largest absolute Gasteiger partial charge is 0.372 e.